The monoisotopic (exact) mass is 328 g/mol. The topological polar surface area (TPSA) is 66.0 Å². The van der Waals surface area contributed by atoms with Gasteiger partial charge >= 0.3 is 0 Å². The van der Waals surface area contributed by atoms with Crippen LogP contribution in [-0.2, 0) is 4.74 Å². The van der Waals surface area contributed by atoms with E-state index in [4.69, 9.17) is 22.1 Å². The highest BCUT2D eigenvalue weighted by Gasteiger charge is 2.19. The first-order chi connectivity index (χ1) is 11.2. The fraction of sp³-hybridized carbons (Fsp3) is 0.294. The Bertz CT molecular complexity index is 855. The van der Waals surface area contributed by atoms with Crippen LogP contribution in [0.25, 0.3) is 22.2 Å². The Kier molecular flexibility index (Phi) is 3.67. The van der Waals surface area contributed by atoms with Gasteiger partial charge in [-0.15, -0.1) is 0 Å². The smallest absolute Gasteiger partial charge is 0.150 e. The summed E-state index contributed by atoms with van der Waals surface area (Å²) in [6, 6.07) is 9.66. The third kappa shape index (κ3) is 2.66. The van der Waals surface area contributed by atoms with Crippen LogP contribution >= 0.6 is 11.6 Å². The van der Waals surface area contributed by atoms with Crippen LogP contribution in [0.1, 0.15) is 25.5 Å². The molecule has 23 heavy (non-hydrogen) atoms. The molecule has 3 aromatic rings. The van der Waals surface area contributed by atoms with Crippen LogP contribution in [-0.4, -0.2) is 21.4 Å². The van der Waals surface area contributed by atoms with Gasteiger partial charge in [-0.1, -0.05) is 23.7 Å². The molecule has 1 aliphatic heterocycles. The van der Waals surface area contributed by atoms with Crippen molar-refractivity contribution in [2.45, 2.75) is 25.5 Å². The third-order valence-electron chi connectivity index (χ3n) is 4.17. The van der Waals surface area contributed by atoms with E-state index < -0.39 is 0 Å². The first-order valence-electron chi connectivity index (χ1n) is 7.73. The number of halogens is 1. The van der Waals surface area contributed by atoms with Crippen LogP contribution < -0.4 is 5.73 Å². The number of anilines is 1. The van der Waals surface area contributed by atoms with E-state index in [1.807, 2.05) is 28.9 Å². The zero-order valence-electron chi connectivity index (χ0n) is 12.6. The maximum atomic E-state index is 6.24. The highest BCUT2D eigenvalue weighted by molar-refractivity contribution is 6.35. The van der Waals surface area contributed by atoms with Crippen molar-refractivity contribution in [1.29, 1.82) is 0 Å². The van der Waals surface area contributed by atoms with Crippen molar-refractivity contribution in [3.63, 3.8) is 0 Å². The zero-order valence-corrected chi connectivity index (χ0v) is 13.3. The van der Waals surface area contributed by atoms with Crippen LogP contribution in [0.5, 0.6) is 0 Å². The molecule has 0 amide bonds. The molecule has 1 aromatic carbocycles. The van der Waals surface area contributed by atoms with Gasteiger partial charge in [0, 0.05) is 23.8 Å². The summed E-state index contributed by atoms with van der Waals surface area (Å²) in [4.78, 5) is 4.38. The summed E-state index contributed by atoms with van der Waals surface area (Å²) in [5.41, 5.74) is 8.63. The minimum atomic E-state index is 0.00170. The Morgan fingerprint density at radius 2 is 2.13 bits per heavy atom. The number of ether oxygens (including phenoxy) is 1. The SMILES string of the molecule is Nc1cc(Cl)c2ccc(-c3ccnn3C3CCCCO3)cc2n1. The van der Waals surface area contributed by atoms with Gasteiger partial charge in [0.05, 0.1) is 16.2 Å². The highest BCUT2D eigenvalue weighted by atomic mass is 35.5. The van der Waals surface area contributed by atoms with Gasteiger partial charge < -0.3 is 10.5 Å². The van der Waals surface area contributed by atoms with Crippen LogP contribution in [0.4, 0.5) is 5.82 Å². The van der Waals surface area contributed by atoms with Crippen molar-refractivity contribution in [1.82, 2.24) is 14.8 Å². The Labute approximate surface area is 139 Å². The number of fused-ring (bicyclic) bond motifs is 1. The zero-order chi connectivity index (χ0) is 15.8. The van der Waals surface area contributed by atoms with Gasteiger partial charge in [-0.25, -0.2) is 9.67 Å². The number of hydrogen-bond donors (Lipinski definition) is 1. The van der Waals surface area contributed by atoms with Crippen LogP contribution in [0.2, 0.25) is 5.02 Å². The lowest BCUT2D eigenvalue weighted by Gasteiger charge is -2.24. The number of pyridine rings is 1. The van der Waals surface area contributed by atoms with Gasteiger partial charge in [0.1, 0.15) is 5.82 Å². The van der Waals surface area contributed by atoms with Crippen molar-refractivity contribution >= 4 is 28.3 Å². The van der Waals surface area contributed by atoms with E-state index in [2.05, 4.69) is 10.1 Å². The van der Waals surface area contributed by atoms with Crippen molar-refractivity contribution in [3.05, 3.63) is 41.6 Å². The Hall–Kier alpha value is -2.11. The number of rotatable bonds is 2. The fourth-order valence-corrected chi connectivity index (χ4v) is 3.32. The molecule has 0 saturated carbocycles. The Morgan fingerprint density at radius 1 is 1.22 bits per heavy atom. The lowest BCUT2D eigenvalue weighted by atomic mass is 10.1. The van der Waals surface area contributed by atoms with Crippen LogP contribution in [0.3, 0.4) is 0 Å². The number of nitrogens with two attached hydrogens (primary N) is 1. The molecular weight excluding hydrogens is 312 g/mol. The molecule has 0 spiro atoms. The number of benzene rings is 1. The van der Waals surface area contributed by atoms with Crippen molar-refractivity contribution in [2.75, 3.05) is 12.3 Å². The molecule has 1 unspecified atom stereocenters. The molecular formula is C17H17ClN4O. The largest absolute Gasteiger partial charge is 0.384 e. The lowest BCUT2D eigenvalue weighted by Crippen LogP contribution is -2.19. The third-order valence-corrected chi connectivity index (χ3v) is 4.49. The summed E-state index contributed by atoms with van der Waals surface area (Å²) >= 11 is 6.24. The molecule has 3 heterocycles. The van der Waals surface area contributed by atoms with E-state index in [1.165, 1.54) is 0 Å². The summed E-state index contributed by atoms with van der Waals surface area (Å²) in [7, 11) is 0. The number of aromatic nitrogens is 3. The maximum Gasteiger partial charge on any atom is 0.150 e. The van der Waals surface area contributed by atoms with Gasteiger partial charge in [-0.05, 0) is 37.5 Å². The fourth-order valence-electron chi connectivity index (χ4n) is 3.05. The van der Waals surface area contributed by atoms with E-state index in [1.54, 1.807) is 12.3 Å². The van der Waals surface area contributed by atoms with Gasteiger partial charge in [-0.3, -0.25) is 0 Å². The average molecular weight is 329 g/mol. The number of nitrogens with zero attached hydrogens (tertiary/aromatic N) is 3. The summed E-state index contributed by atoms with van der Waals surface area (Å²) in [5.74, 6) is 0.420. The molecule has 5 nitrogen and oxygen atoms in total. The molecule has 0 bridgehead atoms. The standard InChI is InChI=1S/C17H17ClN4O/c18-13-10-16(19)21-14-9-11(4-5-12(13)14)15-6-7-20-22(15)17-3-1-2-8-23-17/h4-7,9-10,17H,1-3,8H2,(H2,19,21). The number of nitrogen functional groups attached to an aromatic ring is 1. The summed E-state index contributed by atoms with van der Waals surface area (Å²) < 4.78 is 7.81. The predicted octanol–water partition coefficient (Wildman–Crippen LogP) is 4.03. The first-order valence-corrected chi connectivity index (χ1v) is 8.11. The molecule has 1 aliphatic rings. The lowest BCUT2D eigenvalue weighted by molar-refractivity contribution is -0.0383. The molecule has 1 atom stereocenters. The van der Waals surface area contributed by atoms with E-state index in [-0.39, 0.29) is 6.23 Å². The van der Waals surface area contributed by atoms with Gasteiger partial charge in [-0.2, -0.15) is 5.10 Å². The molecule has 1 saturated heterocycles. The first kappa shape index (κ1) is 14.5. The van der Waals surface area contributed by atoms with Crippen LogP contribution in [0.15, 0.2) is 36.5 Å². The highest BCUT2D eigenvalue weighted by Crippen LogP contribution is 2.31. The molecule has 1 fully saturated rings. The molecule has 0 radical (unpaired) electrons. The van der Waals surface area contributed by atoms with E-state index in [0.29, 0.717) is 10.8 Å². The summed E-state index contributed by atoms with van der Waals surface area (Å²) in [6.07, 6.45) is 5.07. The van der Waals surface area contributed by atoms with E-state index in [0.717, 1.165) is 48.0 Å². The molecule has 0 aliphatic carbocycles. The van der Waals surface area contributed by atoms with Crippen molar-refractivity contribution < 1.29 is 4.74 Å². The van der Waals surface area contributed by atoms with Gasteiger partial charge in [0.2, 0.25) is 0 Å². The maximum absolute atomic E-state index is 6.24. The Balaban J connectivity index is 1.79. The van der Waals surface area contributed by atoms with Crippen molar-refractivity contribution in [3.8, 4) is 11.3 Å². The second kappa shape index (κ2) is 5.83. The molecule has 4 rings (SSSR count). The second-order valence-electron chi connectivity index (χ2n) is 5.74. The normalized spacial score (nSPS) is 18.4. The molecule has 118 valence electrons. The molecule has 2 aromatic heterocycles. The van der Waals surface area contributed by atoms with E-state index in [9.17, 15) is 0 Å². The van der Waals surface area contributed by atoms with Crippen LogP contribution in [0, 0.1) is 0 Å². The number of hydrogen-bond acceptors (Lipinski definition) is 4. The molecule has 2 N–H and O–H groups in total. The minimum Gasteiger partial charge on any atom is -0.384 e. The summed E-state index contributed by atoms with van der Waals surface area (Å²) in [5, 5.41) is 5.96. The average Bonchev–Trinajstić information content (AvgIpc) is 3.04. The summed E-state index contributed by atoms with van der Waals surface area (Å²) in [6.45, 7) is 0.787. The minimum absolute atomic E-state index is 0.00170. The second-order valence-corrected chi connectivity index (χ2v) is 6.15. The van der Waals surface area contributed by atoms with Crippen molar-refractivity contribution in [2.24, 2.45) is 0 Å². The van der Waals surface area contributed by atoms with E-state index >= 15 is 0 Å². The Morgan fingerprint density at radius 3 is 2.96 bits per heavy atom. The quantitative estimate of drug-likeness (QED) is 0.771. The van der Waals surface area contributed by atoms with Gasteiger partial charge in [0.25, 0.3) is 0 Å². The molecule has 6 heteroatoms. The van der Waals surface area contributed by atoms with Gasteiger partial charge in [0.15, 0.2) is 6.23 Å². The predicted molar refractivity (Wildman–Crippen MR) is 91.2 cm³/mol.